The highest BCUT2D eigenvalue weighted by atomic mass is 15.2. The number of fused-ring (bicyclic) bond motifs is 2. The van der Waals surface area contributed by atoms with Crippen molar-refractivity contribution in [1.29, 1.82) is 5.26 Å². The Kier molecular flexibility index (Phi) is 2.79. The van der Waals surface area contributed by atoms with Crippen LogP contribution in [0.1, 0.15) is 16.7 Å². The lowest BCUT2D eigenvalue weighted by Crippen LogP contribution is -2.03. The summed E-state index contributed by atoms with van der Waals surface area (Å²) in [6.07, 6.45) is 3.48. The van der Waals surface area contributed by atoms with Crippen molar-refractivity contribution in [3.63, 3.8) is 0 Å². The van der Waals surface area contributed by atoms with Gasteiger partial charge in [-0.2, -0.15) is 10.4 Å². The Labute approximate surface area is 143 Å². The second kappa shape index (κ2) is 5.11. The summed E-state index contributed by atoms with van der Waals surface area (Å²) in [7, 11) is 0. The van der Waals surface area contributed by atoms with E-state index >= 15 is 0 Å². The predicted molar refractivity (Wildman–Crippen MR) is 94.9 cm³/mol. The Morgan fingerprint density at radius 2 is 1.76 bits per heavy atom. The molecule has 2 aromatic heterocycles. The van der Waals surface area contributed by atoms with Crippen LogP contribution in [0.15, 0.2) is 72.1 Å². The van der Waals surface area contributed by atoms with E-state index in [1.165, 1.54) is 0 Å². The Hall–Kier alpha value is -3.78. The molecule has 0 N–H and O–H groups in total. The van der Waals surface area contributed by atoms with Crippen molar-refractivity contribution in [2.75, 3.05) is 0 Å². The molecule has 0 bridgehead atoms. The zero-order valence-electron chi connectivity index (χ0n) is 13.1. The average Bonchev–Trinajstić information content (AvgIpc) is 3.04. The van der Waals surface area contributed by atoms with Crippen molar-refractivity contribution in [2.24, 2.45) is 4.99 Å². The van der Waals surface area contributed by atoms with E-state index in [-0.39, 0.29) is 0 Å². The summed E-state index contributed by atoms with van der Waals surface area (Å²) in [4.78, 5) is 9.45. The maximum Gasteiger partial charge on any atom is 0.137 e. The lowest BCUT2D eigenvalue weighted by atomic mass is 10.0. The van der Waals surface area contributed by atoms with Crippen LogP contribution in [0.25, 0.3) is 16.8 Å². The summed E-state index contributed by atoms with van der Waals surface area (Å²) in [5, 5.41) is 13.4. The maximum absolute atomic E-state index is 9.03. The van der Waals surface area contributed by atoms with E-state index in [0.29, 0.717) is 5.56 Å². The third-order valence-electron chi connectivity index (χ3n) is 4.39. The van der Waals surface area contributed by atoms with Crippen LogP contribution in [0.3, 0.4) is 0 Å². The number of aromatic nitrogens is 3. The van der Waals surface area contributed by atoms with Crippen LogP contribution in [-0.2, 0) is 0 Å². The van der Waals surface area contributed by atoms with Gasteiger partial charge in [0.05, 0.1) is 23.0 Å². The fourth-order valence-electron chi connectivity index (χ4n) is 3.22. The fraction of sp³-hybridized carbons (Fsp3) is 0. The Morgan fingerprint density at radius 1 is 0.920 bits per heavy atom. The molecular weight excluding hydrogens is 310 g/mol. The van der Waals surface area contributed by atoms with Gasteiger partial charge in [-0.15, -0.1) is 0 Å². The first-order valence-electron chi connectivity index (χ1n) is 7.86. The lowest BCUT2D eigenvalue weighted by Gasteiger charge is -2.05. The highest BCUT2D eigenvalue weighted by Crippen LogP contribution is 2.37. The molecule has 0 atom stereocenters. The van der Waals surface area contributed by atoms with E-state index < -0.39 is 0 Å². The minimum Gasteiger partial charge on any atom is -0.247 e. The maximum atomic E-state index is 9.03. The van der Waals surface area contributed by atoms with Gasteiger partial charge in [0, 0.05) is 22.9 Å². The van der Waals surface area contributed by atoms with Gasteiger partial charge in [0.25, 0.3) is 0 Å². The largest absolute Gasteiger partial charge is 0.247 e. The predicted octanol–water partition coefficient (Wildman–Crippen LogP) is 3.75. The first-order chi connectivity index (χ1) is 12.3. The van der Waals surface area contributed by atoms with Crippen LogP contribution in [0.5, 0.6) is 0 Å². The lowest BCUT2D eigenvalue weighted by molar-refractivity contribution is 0.906. The van der Waals surface area contributed by atoms with E-state index in [0.717, 1.165) is 39.3 Å². The number of hydrogen-bond acceptors (Lipinski definition) is 4. The van der Waals surface area contributed by atoms with E-state index in [2.05, 4.69) is 16.2 Å². The highest BCUT2D eigenvalue weighted by Gasteiger charge is 2.22. The van der Waals surface area contributed by atoms with E-state index in [4.69, 9.17) is 10.3 Å². The molecular formula is C20H11N5. The van der Waals surface area contributed by atoms with Crippen molar-refractivity contribution < 1.29 is 0 Å². The van der Waals surface area contributed by atoms with Gasteiger partial charge in [-0.3, -0.25) is 0 Å². The second-order valence-electron chi connectivity index (χ2n) is 5.80. The van der Waals surface area contributed by atoms with Crippen molar-refractivity contribution in [3.8, 4) is 17.3 Å². The molecule has 116 valence electrons. The van der Waals surface area contributed by atoms with Gasteiger partial charge < -0.3 is 0 Å². The van der Waals surface area contributed by atoms with Crippen molar-refractivity contribution >= 4 is 16.9 Å². The third-order valence-corrected chi connectivity index (χ3v) is 4.39. The van der Waals surface area contributed by atoms with Gasteiger partial charge in [-0.05, 0) is 24.3 Å². The molecule has 0 radical (unpaired) electrons. The topological polar surface area (TPSA) is 66.3 Å². The van der Waals surface area contributed by atoms with Gasteiger partial charge in [-0.1, -0.05) is 30.3 Å². The summed E-state index contributed by atoms with van der Waals surface area (Å²) in [5.41, 5.74) is 7.10. The number of nitriles is 1. The van der Waals surface area contributed by atoms with Crippen LogP contribution >= 0.6 is 0 Å². The first-order valence-corrected chi connectivity index (χ1v) is 7.86. The average molecular weight is 321 g/mol. The third kappa shape index (κ3) is 1.98. The zero-order valence-corrected chi connectivity index (χ0v) is 13.1. The molecule has 0 unspecified atom stereocenters. The first kappa shape index (κ1) is 13.6. The Balaban J connectivity index is 1.87. The van der Waals surface area contributed by atoms with Gasteiger partial charge in [0.1, 0.15) is 17.5 Å². The molecule has 0 fully saturated rings. The molecule has 0 amide bonds. The summed E-state index contributed by atoms with van der Waals surface area (Å²) < 4.78 is 1.83. The highest BCUT2D eigenvalue weighted by molar-refractivity contribution is 6.20. The molecule has 2 aromatic carbocycles. The number of aliphatic imine (C=N–C) groups is 1. The summed E-state index contributed by atoms with van der Waals surface area (Å²) in [5.74, 6) is 0. The Morgan fingerprint density at radius 3 is 2.60 bits per heavy atom. The van der Waals surface area contributed by atoms with E-state index in [9.17, 15) is 0 Å². The molecule has 0 saturated carbocycles. The smallest absolute Gasteiger partial charge is 0.137 e. The van der Waals surface area contributed by atoms with Gasteiger partial charge in [-0.25, -0.2) is 14.5 Å². The zero-order chi connectivity index (χ0) is 16.8. The van der Waals surface area contributed by atoms with Crippen molar-refractivity contribution in [1.82, 2.24) is 14.6 Å². The number of benzene rings is 2. The summed E-state index contributed by atoms with van der Waals surface area (Å²) in [6, 6.07) is 19.6. The fourth-order valence-corrected chi connectivity index (χ4v) is 3.22. The SMILES string of the molecule is N#Cc1ccc(C2=Nc3ccccc3-c3ncnn4ccc2c34)cc1. The molecule has 25 heavy (non-hydrogen) atoms. The van der Waals surface area contributed by atoms with Crippen LogP contribution in [0.4, 0.5) is 5.69 Å². The molecule has 0 saturated heterocycles. The van der Waals surface area contributed by atoms with Crippen molar-refractivity contribution in [3.05, 3.63) is 83.8 Å². The number of rotatable bonds is 1. The quantitative estimate of drug-likeness (QED) is 0.472. The Bertz CT molecular complexity index is 1190. The standard InChI is InChI=1S/C20H11N5/c21-11-13-5-7-14(8-6-13)18-16-9-10-25-20(16)19(22-12-23-25)15-3-1-2-4-17(15)24-18/h1-10,12H. The molecule has 0 aliphatic carbocycles. The number of hydrogen-bond donors (Lipinski definition) is 0. The minimum absolute atomic E-state index is 0.629. The van der Waals surface area contributed by atoms with Crippen LogP contribution in [-0.4, -0.2) is 20.3 Å². The normalized spacial score (nSPS) is 12.2. The number of nitrogens with zero attached hydrogens (tertiary/aromatic N) is 5. The van der Waals surface area contributed by atoms with Crippen LogP contribution in [0, 0.1) is 11.3 Å². The van der Waals surface area contributed by atoms with E-state index in [1.54, 1.807) is 6.33 Å². The molecule has 0 spiro atoms. The number of para-hydroxylation sites is 1. The van der Waals surface area contributed by atoms with Gasteiger partial charge in [0.15, 0.2) is 0 Å². The van der Waals surface area contributed by atoms with Crippen molar-refractivity contribution in [2.45, 2.75) is 0 Å². The monoisotopic (exact) mass is 321 g/mol. The molecule has 5 rings (SSSR count). The summed E-state index contributed by atoms with van der Waals surface area (Å²) in [6.45, 7) is 0. The molecule has 1 aliphatic rings. The minimum atomic E-state index is 0.629. The molecule has 4 aromatic rings. The van der Waals surface area contributed by atoms with Gasteiger partial charge in [0.2, 0.25) is 0 Å². The molecule has 1 aliphatic heterocycles. The van der Waals surface area contributed by atoms with Crippen LogP contribution in [0.2, 0.25) is 0 Å². The molecule has 5 heteroatoms. The summed E-state index contributed by atoms with van der Waals surface area (Å²) >= 11 is 0. The molecule has 5 nitrogen and oxygen atoms in total. The van der Waals surface area contributed by atoms with Crippen LogP contribution < -0.4 is 0 Å². The second-order valence-corrected chi connectivity index (χ2v) is 5.80. The van der Waals surface area contributed by atoms with E-state index in [1.807, 2.05) is 65.3 Å². The molecule has 3 heterocycles. The van der Waals surface area contributed by atoms with Gasteiger partial charge >= 0.3 is 0 Å².